The van der Waals surface area contributed by atoms with Gasteiger partial charge >= 0.3 is 0 Å². The van der Waals surface area contributed by atoms with E-state index < -0.39 is 0 Å². The Kier molecular flexibility index (Phi) is 4.74. The Hall–Kier alpha value is -1.62. The maximum Gasteiger partial charge on any atom is 0.255 e. The summed E-state index contributed by atoms with van der Waals surface area (Å²) in [5.41, 5.74) is 0.589. The Bertz CT molecular complexity index is 411. The molecule has 0 aliphatic carbocycles. The van der Waals surface area contributed by atoms with Crippen LogP contribution in [-0.2, 0) is 0 Å². The van der Waals surface area contributed by atoms with Gasteiger partial charge in [0.25, 0.3) is 5.91 Å². The number of hydrogen-bond donors (Lipinski definition) is 1. The second kappa shape index (κ2) is 6.52. The summed E-state index contributed by atoms with van der Waals surface area (Å²) in [6.45, 7) is 4.09. The zero-order chi connectivity index (χ0) is 13.7. The van der Waals surface area contributed by atoms with Gasteiger partial charge in [-0.2, -0.15) is 0 Å². The van der Waals surface area contributed by atoms with E-state index in [1.165, 1.54) is 0 Å². The normalized spacial score (nSPS) is 16.4. The van der Waals surface area contributed by atoms with Crippen LogP contribution in [0.3, 0.4) is 0 Å². The highest BCUT2D eigenvalue weighted by atomic mass is 16.5. The van der Waals surface area contributed by atoms with Gasteiger partial charge in [0.1, 0.15) is 0 Å². The molecule has 1 aliphatic heterocycles. The van der Waals surface area contributed by atoms with E-state index in [9.17, 15) is 4.79 Å². The number of pyridine rings is 1. The van der Waals surface area contributed by atoms with Gasteiger partial charge in [-0.05, 0) is 31.7 Å². The number of aliphatic hydroxyl groups excluding tert-OH is 1. The lowest BCUT2D eigenvalue weighted by Crippen LogP contribution is -2.39. The van der Waals surface area contributed by atoms with Gasteiger partial charge in [0.15, 0.2) is 0 Å². The fraction of sp³-hybridized carbons (Fsp3) is 0.571. The first-order valence-electron chi connectivity index (χ1n) is 6.73. The molecule has 19 heavy (non-hydrogen) atoms. The second-order valence-electron chi connectivity index (χ2n) is 4.74. The predicted molar refractivity (Wildman–Crippen MR) is 71.1 cm³/mol. The number of amides is 1. The molecule has 5 heteroatoms. The molecule has 0 saturated carbocycles. The number of aliphatic hydroxyl groups is 1. The largest absolute Gasteiger partial charge is 0.478 e. The van der Waals surface area contributed by atoms with Crippen molar-refractivity contribution in [2.75, 3.05) is 26.3 Å². The van der Waals surface area contributed by atoms with Crippen molar-refractivity contribution in [3.8, 4) is 5.88 Å². The quantitative estimate of drug-likeness (QED) is 0.891. The first kappa shape index (κ1) is 13.8. The van der Waals surface area contributed by atoms with Gasteiger partial charge in [0.05, 0.1) is 12.2 Å². The minimum absolute atomic E-state index is 0.00642. The lowest BCUT2D eigenvalue weighted by atomic mass is 9.97. The molecule has 0 atom stereocenters. The number of carbonyl (C=O) groups excluding carboxylic acids is 1. The molecule has 2 heterocycles. The Labute approximate surface area is 113 Å². The van der Waals surface area contributed by atoms with Crippen molar-refractivity contribution in [1.82, 2.24) is 9.88 Å². The standard InChI is InChI=1S/C14H20N2O3/c1-2-19-13-4-3-12(9-15-13)14(18)16-7-5-11(10-17)6-8-16/h3-4,9,11,17H,2,5-8,10H2,1H3. The second-order valence-corrected chi connectivity index (χ2v) is 4.74. The number of nitrogens with zero attached hydrogens (tertiary/aromatic N) is 2. The monoisotopic (exact) mass is 264 g/mol. The van der Waals surface area contributed by atoms with Crippen molar-refractivity contribution < 1.29 is 14.6 Å². The molecule has 0 bridgehead atoms. The summed E-state index contributed by atoms with van der Waals surface area (Å²) in [7, 11) is 0. The minimum Gasteiger partial charge on any atom is -0.478 e. The molecular weight excluding hydrogens is 244 g/mol. The van der Waals surface area contributed by atoms with Gasteiger partial charge in [-0.25, -0.2) is 4.98 Å². The lowest BCUT2D eigenvalue weighted by Gasteiger charge is -2.31. The van der Waals surface area contributed by atoms with Crippen LogP contribution in [0.5, 0.6) is 5.88 Å². The van der Waals surface area contributed by atoms with Crippen LogP contribution in [0.4, 0.5) is 0 Å². The van der Waals surface area contributed by atoms with Crippen LogP contribution in [0.25, 0.3) is 0 Å². The molecule has 1 aromatic heterocycles. The van der Waals surface area contributed by atoms with Crippen molar-refractivity contribution in [3.63, 3.8) is 0 Å². The van der Waals surface area contributed by atoms with Crippen LogP contribution < -0.4 is 4.74 Å². The number of piperidine rings is 1. The van der Waals surface area contributed by atoms with Gasteiger partial charge in [-0.3, -0.25) is 4.79 Å². The Morgan fingerprint density at radius 1 is 1.47 bits per heavy atom. The number of aromatic nitrogens is 1. The SMILES string of the molecule is CCOc1ccc(C(=O)N2CCC(CO)CC2)cn1. The third-order valence-corrected chi connectivity index (χ3v) is 3.44. The molecule has 1 fully saturated rings. The van der Waals surface area contributed by atoms with E-state index in [2.05, 4.69) is 4.98 Å². The summed E-state index contributed by atoms with van der Waals surface area (Å²) in [4.78, 5) is 18.2. The van der Waals surface area contributed by atoms with Crippen molar-refractivity contribution >= 4 is 5.91 Å². The molecule has 0 unspecified atom stereocenters. The van der Waals surface area contributed by atoms with Crippen LogP contribution in [0.15, 0.2) is 18.3 Å². The fourth-order valence-corrected chi connectivity index (χ4v) is 2.24. The van der Waals surface area contributed by atoms with E-state index in [1.54, 1.807) is 18.3 Å². The zero-order valence-electron chi connectivity index (χ0n) is 11.2. The number of hydrogen-bond acceptors (Lipinski definition) is 4. The van der Waals surface area contributed by atoms with E-state index in [-0.39, 0.29) is 12.5 Å². The number of ether oxygens (including phenoxy) is 1. The van der Waals surface area contributed by atoms with Gasteiger partial charge in [0, 0.05) is 32.0 Å². The summed E-state index contributed by atoms with van der Waals surface area (Å²) in [6, 6.07) is 3.47. The summed E-state index contributed by atoms with van der Waals surface area (Å²) < 4.78 is 5.25. The van der Waals surface area contributed by atoms with Crippen LogP contribution in [0.1, 0.15) is 30.1 Å². The highest BCUT2D eigenvalue weighted by Crippen LogP contribution is 2.18. The van der Waals surface area contributed by atoms with Gasteiger partial charge in [-0.1, -0.05) is 0 Å². The number of likely N-dealkylation sites (tertiary alicyclic amines) is 1. The molecule has 104 valence electrons. The van der Waals surface area contributed by atoms with Gasteiger partial charge in [-0.15, -0.1) is 0 Å². The van der Waals surface area contributed by atoms with E-state index in [0.29, 0.717) is 37.1 Å². The van der Waals surface area contributed by atoms with Gasteiger partial charge in [0.2, 0.25) is 5.88 Å². The Morgan fingerprint density at radius 2 is 2.21 bits per heavy atom. The molecule has 1 N–H and O–H groups in total. The average molecular weight is 264 g/mol. The molecule has 1 amide bonds. The summed E-state index contributed by atoms with van der Waals surface area (Å²) in [5, 5.41) is 9.09. The molecule has 1 aromatic rings. The molecule has 0 radical (unpaired) electrons. The topological polar surface area (TPSA) is 62.7 Å². The summed E-state index contributed by atoms with van der Waals surface area (Å²) >= 11 is 0. The maximum absolute atomic E-state index is 12.2. The molecule has 0 aromatic carbocycles. The molecule has 1 aliphatic rings. The predicted octanol–water partition coefficient (Wildman–Crippen LogP) is 1.32. The van der Waals surface area contributed by atoms with E-state index in [0.717, 1.165) is 12.8 Å². The van der Waals surface area contributed by atoms with E-state index in [4.69, 9.17) is 9.84 Å². The summed E-state index contributed by atoms with van der Waals surface area (Å²) in [6.07, 6.45) is 3.30. The van der Waals surface area contributed by atoms with Crippen molar-refractivity contribution in [3.05, 3.63) is 23.9 Å². The Balaban J connectivity index is 1.96. The zero-order valence-corrected chi connectivity index (χ0v) is 11.2. The molecule has 5 nitrogen and oxygen atoms in total. The van der Waals surface area contributed by atoms with E-state index in [1.807, 2.05) is 11.8 Å². The van der Waals surface area contributed by atoms with E-state index >= 15 is 0 Å². The smallest absolute Gasteiger partial charge is 0.255 e. The van der Waals surface area contributed by atoms with Crippen LogP contribution in [0.2, 0.25) is 0 Å². The third-order valence-electron chi connectivity index (χ3n) is 3.44. The van der Waals surface area contributed by atoms with Crippen LogP contribution in [-0.4, -0.2) is 47.2 Å². The third kappa shape index (κ3) is 3.44. The lowest BCUT2D eigenvalue weighted by molar-refractivity contribution is 0.0650. The fourth-order valence-electron chi connectivity index (χ4n) is 2.24. The molecule has 1 saturated heterocycles. The number of rotatable bonds is 4. The van der Waals surface area contributed by atoms with Crippen molar-refractivity contribution in [1.29, 1.82) is 0 Å². The Morgan fingerprint density at radius 3 is 2.74 bits per heavy atom. The molecular formula is C14H20N2O3. The highest BCUT2D eigenvalue weighted by Gasteiger charge is 2.23. The minimum atomic E-state index is 0.00642. The van der Waals surface area contributed by atoms with Crippen LogP contribution >= 0.6 is 0 Å². The maximum atomic E-state index is 12.2. The van der Waals surface area contributed by atoms with Crippen LogP contribution in [0, 0.1) is 5.92 Å². The first-order chi connectivity index (χ1) is 9.24. The van der Waals surface area contributed by atoms with Crippen molar-refractivity contribution in [2.24, 2.45) is 5.92 Å². The van der Waals surface area contributed by atoms with Gasteiger partial charge < -0.3 is 14.7 Å². The number of carbonyl (C=O) groups is 1. The van der Waals surface area contributed by atoms with Crippen molar-refractivity contribution in [2.45, 2.75) is 19.8 Å². The molecule has 2 rings (SSSR count). The summed E-state index contributed by atoms with van der Waals surface area (Å²) in [5.74, 6) is 0.882. The highest BCUT2D eigenvalue weighted by molar-refractivity contribution is 5.94. The first-order valence-corrected chi connectivity index (χ1v) is 6.73. The molecule has 0 spiro atoms. The average Bonchev–Trinajstić information content (AvgIpc) is 2.48.